The third kappa shape index (κ3) is 6.80. The number of ether oxygens (including phenoxy) is 2. The molecule has 2 aliphatic heterocycles. The normalized spacial score (nSPS) is 21.8. The number of nitrogens with one attached hydrogen (secondary N) is 1. The maximum absolute atomic E-state index is 16.9. The Morgan fingerprint density at radius 3 is 2.26 bits per heavy atom. The van der Waals surface area contributed by atoms with Crippen LogP contribution in [0.15, 0.2) is 83.8 Å². The molecule has 3 N–H and O–H groups in total. The number of nitrogens with zero attached hydrogens (tertiary/aromatic N) is 1. The molecule has 1 aliphatic carbocycles. The van der Waals surface area contributed by atoms with Gasteiger partial charge in [0.1, 0.15) is 11.5 Å². The quantitative estimate of drug-likeness (QED) is 0.176. The van der Waals surface area contributed by atoms with Crippen molar-refractivity contribution in [3.8, 4) is 22.6 Å². The molecule has 2 saturated heterocycles. The highest BCUT2D eigenvalue weighted by Crippen LogP contribution is 2.42. The van der Waals surface area contributed by atoms with E-state index in [1.807, 2.05) is 6.07 Å². The molecule has 8 nitrogen and oxygen atoms in total. The molecule has 1 amide bonds. The lowest BCUT2D eigenvalue weighted by Gasteiger charge is -2.41. The molecule has 0 radical (unpaired) electrons. The molecule has 2 heterocycles. The second-order valence-electron chi connectivity index (χ2n) is 13.7. The van der Waals surface area contributed by atoms with Gasteiger partial charge in [-0.1, -0.05) is 48.0 Å². The zero-order valence-electron chi connectivity index (χ0n) is 27.7. The number of carbonyl (C=O) groups excluding carboxylic acids is 1. The zero-order valence-corrected chi connectivity index (χ0v) is 29.2. The number of amides is 1. The van der Waals surface area contributed by atoms with Crippen LogP contribution < -0.4 is 19.9 Å². The Hall–Kier alpha value is -3.77. The molecular weight excluding hydrogens is 684 g/mol. The SMILES string of the molecule is COc1cc(C(F)(F)C(NS(=O)(=O)c2ccc3cc(OC4CCCC4)ccc3c2)C(=O)N2C3CCC2CC(N)C3)ccc1-c1ccc(Cl)cc1. The van der Waals surface area contributed by atoms with Gasteiger partial charge in [0.25, 0.3) is 5.92 Å². The van der Waals surface area contributed by atoms with Gasteiger partial charge in [0, 0.05) is 34.3 Å². The van der Waals surface area contributed by atoms with Crippen LogP contribution in [0.5, 0.6) is 11.5 Å². The molecule has 3 atom stereocenters. The number of nitrogens with two attached hydrogens (primary N) is 1. The van der Waals surface area contributed by atoms with Crippen molar-refractivity contribution in [3.05, 3.63) is 89.4 Å². The van der Waals surface area contributed by atoms with Crippen molar-refractivity contribution in [2.24, 2.45) is 5.73 Å². The number of hydrogen-bond donors (Lipinski definition) is 2. The van der Waals surface area contributed by atoms with Gasteiger partial charge in [-0.3, -0.25) is 4.79 Å². The fourth-order valence-electron chi connectivity index (χ4n) is 7.80. The summed E-state index contributed by atoms with van der Waals surface area (Å²) in [5, 5.41) is 1.85. The average Bonchev–Trinajstić information content (AvgIpc) is 3.71. The summed E-state index contributed by atoms with van der Waals surface area (Å²) in [4.78, 5) is 15.5. The molecule has 4 aromatic carbocycles. The molecule has 4 aromatic rings. The molecule has 3 aliphatic rings. The molecule has 1 saturated carbocycles. The van der Waals surface area contributed by atoms with E-state index in [1.54, 1.807) is 42.5 Å². The van der Waals surface area contributed by atoms with Crippen LogP contribution in [0, 0.1) is 0 Å². The second kappa shape index (κ2) is 13.7. The van der Waals surface area contributed by atoms with Crippen LogP contribution in [-0.4, -0.2) is 56.6 Å². The number of benzene rings is 4. The van der Waals surface area contributed by atoms with E-state index in [2.05, 4.69) is 4.72 Å². The van der Waals surface area contributed by atoms with Crippen molar-refractivity contribution in [2.45, 2.75) is 92.5 Å². The van der Waals surface area contributed by atoms with E-state index < -0.39 is 33.5 Å². The summed E-state index contributed by atoms with van der Waals surface area (Å²) in [6.07, 6.45) is 6.58. The first-order valence-electron chi connectivity index (χ1n) is 17.1. The highest BCUT2D eigenvalue weighted by atomic mass is 35.5. The fraction of sp³-hybridized carbons (Fsp3) is 0.395. The molecule has 3 unspecified atom stereocenters. The van der Waals surface area contributed by atoms with Crippen LogP contribution in [0.25, 0.3) is 21.9 Å². The number of fused-ring (bicyclic) bond motifs is 3. The third-order valence-electron chi connectivity index (χ3n) is 10.3. The minimum Gasteiger partial charge on any atom is -0.496 e. The lowest BCUT2D eigenvalue weighted by molar-refractivity contribution is -0.149. The number of alkyl halides is 2. The first-order valence-corrected chi connectivity index (χ1v) is 18.9. The van der Waals surface area contributed by atoms with Crippen LogP contribution in [-0.2, 0) is 20.7 Å². The third-order valence-corrected chi connectivity index (χ3v) is 12.0. The molecular formula is C38H40ClF2N3O5S. The van der Waals surface area contributed by atoms with Gasteiger partial charge in [-0.25, -0.2) is 8.42 Å². The molecule has 50 heavy (non-hydrogen) atoms. The number of halogens is 3. The lowest BCUT2D eigenvalue weighted by atomic mass is 9.93. The lowest BCUT2D eigenvalue weighted by Crippen LogP contribution is -2.60. The summed E-state index contributed by atoms with van der Waals surface area (Å²) >= 11 is 6.05. The van der Waals surface area contributed by atoms with Gasteiger partial charge < -0.3 is 20.1 Å². The van der Waals surface area contributed by atoms with Crippen LogP contribution in [0.3, 0.4) is 0 Å². The van der Waals surface area contributed by atoms with E-state index in [-0.39, 0.29) is 34.9 Å². The largest absolute Gasteiger partial charge is 0.496 e. The van der Waals surface area contributed by atoms with Crippen molar-refractivity contribution >= 4 is 38.3 Å². The van der Waals surface area contributed by atoms with Crippen LogP contribution in [0.2, 0.25) is 5.02 Å². The van der Waals surface area contributed by atoms with Crippen molar-refractivity contribution in [3.63, 3.8) is 0 Å². The highest BCUT2D eigenvalue weighted by Gasteiger charge is 2.54. The summed E-state index contributed by atoms with van der Waals surface area (Å²) in [5.41, 5.74) is 6.87. The van der Waals surface area contributed by atoms with E-state index in [0.717, 1.165) is 37.1 Å². The van der Waals surface area contributed by atoms with Gasteiger partial charge >= 0.3 is 0 Å². The molecule has 7 rings (SSSR count). The predicted octanol–water partition coefficient (Wildman–Crippen LogP) is 7.41. The van der Waals surface area contributed by atoms with Crippen LogP contribution >= 0.6 is 11.6 Å². The number of rotatable bonds is 10. The highest BCUT2D eigenvalue weighted by molar-refractivity contribution is 7.89. The van der Waals surface area contributed by atoms with E-state index in [1.165, 1.54) is 36.3 Å². The summed E-state index contributed by atoms with van der Waals surface area (Å²) in [5.74, 6) is -4.13. The molecule has 3 fully saturated rings. The minimum absolute atomic E-state index is 0.133. The summed E-state index contributed by atoms with van der Waals surface area (Å²) in [7, 11) is -3.27. The number of methoxy groups -OCH3 is 1. The first-order chi connectivity index (χ1) is 23.9. The van der Waals surface area contributed by atoms with E-state index >= 15 is 8.78 Å². The molecule has 12 heteroatoms. The Balaban J connectivity index is 1.23. The average molecular weight is 724 g/mol. The smallest absolute Gasteiger partial charge is 0.298 e. The minimum atomic E-state index is -4.63. The Morgan fingerprint density at radius 2 is 1.58 bits per heavy atom. The van der Waals surface area contributed by atoms with Crippen molar-refractivity contribution in [1.29, 1.82) is 0 Å². The number of hydrogen-bond acceptors (Lipinski definition) is 6. The van der Waals surface area contributed by atoms with Crippen molar-refractivity contribution in [2.75, 3.05) is 7.11 Å². The Labute approximate surface area is 295 Å². The van der Waals surface area contributed by atoms with Gasteiger partial charge in [-0.05, 0) is 110 Å². The van der Waals surface area contributed by atoms with E-state index in [9.17, 15) is 13.2 Å². The molecule has 0 aromatic heterocycles. The zero-order chi connectivity index (χ0) is 35.2. The van der Waals surface area contributed by atoms with Gasteiger partial charge in [0.2, 0.25) is 15.9 Å². The summed E-state index contributed by atoms with van der Waals surface area (Å²) < 4.78 is 75.5. The summed E-state index contributed by atoms with van der Waals surface area (Å²) in [6, 6.07) is 17.1. The monoisotopic (exact) mass is 723 g/mol. The standard InChI is InChI=1S/C38H40ClF2N3O5S/c1-48-35-20-26(10-17-34(35)23-6-11-27(39)12-7-23)38(40,41)36(37(45)44-29-13-14-30(44)22-28(42)21-29)43-50(46,47)33-16-9-24-18-32(15-8-25(24)19-33)49-31-4-2-3-5-31/h6-12,15-20,28-31,36,43H,2-5,13-14,21-22,42H2,1H3. The van der Waals surface area contributed by atoms with Crippen LogP contribution in [0.1, 0.15) is 56.9 Å². The number of carbonyl (C=O) groups is 1. The van der Waals surface area contributed by atoms with Crippen LogP contribution in [0.4, 0.5) is 8.78 Å². The summed E-state index contributed by atoms with van der Waals surface area (Å²) in [6.45, 7) is 0. The molecule has 0 spiro atoms. The fourth-order valence-corrected chi connectivity index (χ4v) is 9.16. The number of sulfonamides is 1. The Morgan fingerprint density at radius 1 is 0.920 bits per heavy atom. The van der Waals surface area contributed by atoms with Gasteiger partial charge in [0.15, 0.2) is 6.04 Å². The Bertz CT molecular complexity index is 1990. The predicted molar refractivity (Wildman–Crippen MR) is 189 cm³/mol. The van der Waals surface area contributed by atoms with Crippen molar-refractivity contribution < 1.29 is 31.5 Å². The van der Waals surface area contributed by atoms with Crippen molar-refractivity contribution in [1.82, 2.24) is 9.62 Å². The van der Waals surface area contributed by atoms with Gasteiger partial charge in [-0.2, -0.15) is 13.5 Å². The molecule has 264 valence electrons. The maximum atomic E-state index is 16.9. The number of piperidine rings is 1. The molecule has 2 bridgehead atoms. The first kappa shape index (κ1) is 34.7. The second-order valence-corrected chi connectivity index (χ2v) is 15.8. The van der Waals surface area contributed by atoms with Gasteiger partial charge in [0.05, 0.1) is 18.1 Å². The topological polar surface area (TPSA) is 111 Å². The van der Waals surface area contributed by atoms with E-state index in [0.29, 0.717) is 53.0 Å². The maximum Gasteiger partial charge on any atom is 0.298 e. The van der Waals surface area contributed by atoms with E-state index in [4.69, 9.17) is 26.8 Å². The van der Waals surface area contributed by atoms with Gasteiger partial charge in [-0.15, -0.1) is 0 Å². The Kier molecular flexibility index (Phi) is 9.53.